The minimum absolute atomic E-state index is 0.0100. The molecule has 1 saturated carbocycles. The first kappa shape index (κ1) is 21.8. The number of pyridine rings is 1. The van der Waals surface area contributed by atoms with E-state index in [9.17, 15) is 4.79 Å². The van der Waals surface area contributed by atoms with E-state index in [4.69, 9.17) is 24.7 Å². The SMILES string of the molecule is Cc1nc2nc(N3CC(C)OC(c4cnn(C5CC5)c4)C3)nc(-c3ccc(=O)n(C)c3)c2nc1C. The maximum Gasteiger partial charge on any atom is 0.250 e. The number of ether oxygens (including phenoxy) is 1. The Morgan fingerprint density at radius 1 is 1.00 bits per heavy atom. The molecule has 5 heterocycles. The van der Waals surface area contributed by atoms with Gasteiger partial charge in [0.1, 0.15) is 17.3 Å². The predicted octanol–water partition coefficient (Wildman–Crippen LogP) is 2.90. The van der Waals surface area contributed by atoms with Crippen LogP contribution in [0.15, 0.2) is 35.5 Å². The highest BCUT2D eigenvalue weighted by atomic mass is 16.5. The summed E-state index contributed by atoms with van der Waals surface area (Å²) in [5, 5.41) is 4.54. The van der Waals surface area contributed by atoms with Crippen LogP contribution in [0.5, 0.6) is 0 Å². The van der Waals surface area contributed by atoms with Gasteiger partial charge in [-0.3, -0.25) is 9.48 Å². The molecule has 0 spiro atoms. The number of nitrogens with zero attached hydrogens (tertiary/aromatic N) is 8. The molecule has 0 amide bonds. The van der Waals surface area contributed by atoms with Crippen molar-refractivity contribution in [3.05, 3.63) is 58.0 Å². The van der Waals surface area contributed by atoms with Gasteiger partial charge in [-0.05, 0) is 39.7 Å². The van der Waals surface area contributed by atoms with E-state index in [1.165, 1.54) is 12.8 Å². The van der Waals surface area contributed by atoms with E-state index >= 15 is 0 Å². The lowest BCUT2D eigenvalue weighted by molar-refractivity contribution is -0.0178. The van der Waals surface area contributed by atoms with Gasteiger partial charge < -0.3 is 14.2 Å². The molecule has 0 N–H and O–H groups in total. The third kappa shape index (κ3) is 4.07. The standard InChI is InChI=1S/C25H28N8O2/c1-14-10-32(13-20(35-14)18-9-26-33(12-18)19-6-7-19)25-29-22(17-5-8-21(34)31(4)11-17)23-24(30-25)28-16(3)15(2)27-23/h5,8-9,11-12,14,19-20H,6-7,10,13H2,1-4H3. The minimum atomic E-state index is -0.127. The molecule has 4 aromatic heterocycles. The van der Waals surface area contributed by atoms with Crippen molar-refractivity contribution in [1.82, 2.24) is 34.3 Å². The van der Waals surface area contributed by atoms with E-state index in [1.54, 1.807) is 29.9 Å². The fourth-order valence-electron chi connectivity index (χ4n) is 4.53. The molecule has 10 nitrogen and oxygen atoms in total. The summed E-state index contributed by atoms with van der Waals surface area (Å²) < 4.78 is 9.88. The molecule has 2 atom stereocenters. The summed E-state index contributed by atoms with van der Waals surface area (Å²) in [4.78, 5) is 33.4. The summed E-state index contributed by atoms with van der Waals surface area (Å²) in [5.74, 6) is 0.577. The van der Waals surface area contributed by atoms with Crippen LogP contribution in [-0.2, 0) is 11.8 Å². The predicted molar refractivity (Wildman–Crippen MR) is 131 cm³/mol. The Morgan fingerprint density at radius 3 is 2.57 bits per heavy atom. The summed E-state index contributed by atoms with van der Waals surface area (Å²) in [6, 6.07) is 3.85. The largest absolute Gasteiger partial charge is 0.367 e. The highest BCUT2D eigenvalue weighted by molar-refractivity contribution is 5.87. The summed E-state index contributed by atoms with van der Waals surface area (Å²) in [6.45, 7) is 7.18. The first-order valence-corrected chi connectivity index (χ1v) is 12.0. The Morgan fingerprint density at radius 2 is 1.80 bits per heavy atom. The molecule has 180 valence electrons. The molecule has 35 heavy (non-hydrogen) atoms. The van der Waals surface area contributed by atoms with Crippen LogP contribution in [0.1, 0.15) is 48.9 Å². The molecule has 0 aromatic carbocycles. The van der Waals surface area contributed by atoms with Crippen LogP contribution in [0.25, 0.3) is 22.4 Å². The van der Waals surface area contributed by atoms with Crippen molar-refractivity contribution in [3.8, 4) is 11.3 Å². The van der Waals surface area contributed by atoms with Gasteiger partial charge in [-0.2, -0.15) is 10.1 Å². The van der Waals surface area contributed by atoms with Crippen LogP contribution in [0, 0.1) is 13.8 Å². The Hall–Kier alpha value is -3.66. The summed E-state index contributed by atoms with van der Waals surface area (Å²) in [5.41, 5.74) is 5.26. The Bertz CT molecular complexity index is 1490. The van der Waals surface area contributed by atoms with E-state index in [2.05, 4.69) is 23.1 Å². The summed E-state index contributed by atoms with van der Waals surface area (Å²) in [6.07, 6.45) is 8.03. The Balaban J connectivity index is 1.43. The number of anilines is 1. The molecule has 1 aliphatic carbocycles. The van der Waals surface area contributed by atoms with E-state index in [0.717, 1.165) is 22.5 Å². The quantitative estimate of drug-likeness (QED) is 0.447. The van der Waals surface area contributed by atoms with Crippen LogP contribution < -0.4 is 10.5 Å². The zero-order valence-electron chi connectivity index (χ0n) is 20.3. The number of fused-ring (bicyclic) bond motifs is 1. The second kappa shape index (κ2) is 8.23. The molecule has 2 aliphatic rings. The first-order chi connectivity index (χ1) is 16.9. The number of morpholine rings is 1. The zero-order chi connectivity index (χ0) is 24.3. The third-order valence-electron chi connectivity index (χ3n) is 6.75. The fraction of sp³-hybridized carbons (Fsp3) is 0.440. The lowest BCUT2D eigenvalue weighted by Gasteiger charge is -2.36. The van der Waals surface area contributed by atoms with Crippen LogP contribution in [-0.4, -0.2) is 53.5 Å². The zero-order valence-corrected chi connectivity index (χ0v) is 20.3. The average molecular weight is 473 g/mol. The van der Waals surface area contributed by atoms with Gasteiger partial charge in [0.2, 0.25) is 11.5 Å². The number of hydrogen-bond acceptors (Lipinski definition) is 8. The number of aromatic nitrogens is 7. The number of rotatable bonds is 4. The first-order valence-electron chi connectivity index (χ1n) is 12.0. The molecule has 6 rings (SSSR count). The van der Waals surface area contributed by atoms with Gasteiger partial charge in [0.05, 0.1) is 36.3 Å². The van der Waals surface area contributed by atoms with Crippen molar-refractivity contribution in [2.75, 3.05) is 18.0 Å². The van der Waals surface area contributed by atoms with Crippen LogP contribution >= 0.6 is 0 Å². The van der Waals surface area contributed by atoms with Gasteiger partial charge in [-0.1, -0.05) is 0 Å². The Labute approximate surface area is 202 Å². The molecule has 10 heteroatoms. The highest BCUT2D eigenvalue weighted by Gasteiger charge is 2.31. The van der Waals surface area contributed by atoms with Gasteiger partial charge in [-0.25, -0.2) is 15.0 Å². The van der Waals surface area contributed by atoms with Crippen LogP contribution in [0.3, 0.4) is 0 Å². The van der Waals surface area contributed by atoms with Crippen molar-refractivity contribution in [2.24, 2.45) is 7.05 Å². The van der Waals surface area contributed by atoms with Crippen molar-refractivity contribution in [3.63, 3.8) is 0 Å². The van der Waals surface area contributed by atoms with Crippen LogP contribution in [0.2, 0.25) is 0 Å². The summed E-state index contributed by atoms with van der Waals surface area (Å²) >= 11 is 0. The maximum atomic E-state index is 12.0. The van der Waals surface area contributed by atoms with E-state index in [-0.39, 0.29) is 17.8 Å². The van der Waals surface area contributed by atoms with E-state index in [1.807, 2.05) is 24.7 Å². The lowest BCUT2D eigenvalue weighted by Crippen LogP contribution is -2.43. The van der Waals surface area contributed by atoms with Crippen LogP contribution in [0.4, 0.5) is 5.95 Å². The highest BCUT2D eigenvalue weighted by Crippen LogP contribution is 2.36. The molecule has 1 aliphatic heterocycles. The topological polar surface area (TPSA) is 104 Å². The van der Waals surface area contributed by atoms with E-state index < -0.39 is 0 Å². The molecule has 0 bridgehead atoms. The Kier molecular flexibility index (Phi) is 5.14. The molecule has 1 saturated heterocycles. The molecule has 2 unspecified atom stereocenters. The van der Waals surface area contributed by atoms with Gasteiger partial charge in [-0.15, -0.1) is 0 Å². The smallest absolute Gasteiger partial charge is 0.250 e. The van der Waals surface area contributed by atoms with Crippen molar-refractivity contribution in [1.29, 1.82) is 0 Å². The molecular weight excluding hydrogens is 444 g/mol. The molecule has 0 radical (unpaired) electrons. The maximum absolute atomic E-state index is 12.0. The van der Waals surface area contributed by atoms with Gasteiger partial charge in [0, 0.05) is 43.2 Å². The normalized spacial score (nSPS) is 20.5. The number of aryl methyl sites for hydroxylation is 3. The van der Waals surface area contributed by atoms with Gasteiger partial charge >= 0.3 is 0 Å². The van der Waals surface area contributed by atoms with Crippen molar-refractivity contribution < 1.29 is 4.74 Å². The fourth-order valence-corrected chi connectivity index (χ4v) is 4.53. The monoisotopic (exact) mass is 472 g/mol. The third-order valence-corrected chi connectivity index (χ3v) is 6.75. The molecule has 2 fully saturated rings. The van der Waals surface area contributed by atoms with Gasteiger partial charge in [0.25, 0.3) is 0 Å². The minimum Gasteiger partial charge on any atom is -0.367 e. The molecule has 4 aromatic rings. The summed E-state index contributed by atoms with van der Waals surface area (Å²) in [7, 11) is 1.73. The van der Waals surface area contributed by atoms with Gasteiger partial charge in [0.15, 0.2) is 5.65 Å². The van der Waals surface area contributed by atoms with E-state index in [0.29, 0.717) is 41.9 Å². The molecular formula is C25H28N8O2. The number of hydrogen-bond donors (Lipinski definition) is 0. The van der Waals surface area contributed by atoms with Crippen molar-refractivity contribution >= 4 is 17.1 Å². The second-order valence-electron chi connectivity index (χ2n) is 9.63. The lowest BCUT2D eigenvalue weighted by atomic mass is 10.1. The average Bonchev–Trinajstić information content (AvgIpc) is 3.57. The van der Waals surface area contributed by atoms with Crippen molar-refractivity contribution in [2.45, 2.75) is 51.9 Å². The second-order valence-corrected chi connectivity index (χ2v) is 9.63.